The van der Waals surface area contributed by atoms with Crippen LogP contribution in [-0.2, 0) is 4.79 Å². The van der Waals surface area contributed by atoms with Gasteiger partial charge in [0.15, 0.2) is 23.1 Å². The first-order valence-corrected chi connectivity index (χ1v) is 10.4. The number of aromatic nitrogens is 1. The third kappa shape index (κ3) is 3.57. The average Bonchev–Trinajstić information content (AvgIpc) is 3.49. The largest absolute Gasteiger partial charge is 0.503 e. The van der Waals surface area contributed by atoms with Crippen LogP contribution in [0.5, 0.6) is 11.5 Å². The summed E-state index contributed by atoms with van der Waals surface area (Å²) in [7, 11) is 1.51. The Morgan fingerprint density at radius 3 is 2.71 bits per heavy atom. The molecule has 8 nitrogen and oxygen atoms in total. The predicted octanol–water partition coefficient (Wildman–Crippen LogP) is 4.23. The number of Topliss-reactive ketones (excluding diaryl/α,β-unsaturated/α-hetero) is 1. The van der Waals surface area contributed by atoms with Gasteiger partial charge in [0.05, 0.1) is 30.2 Å². The van der Waals surface area contributed by atoms with E-state index in [1.165, 1.54) is 23.3 Å². The highest BCUT2D eigenvalue weighted by atomic mass is 32.1. The van der Waals surface area contributed by atoms with E-state index in [0.717, 1.165) is 0 Å². The quantitative estimate of drug-likeness (QED) is 0.548. The van der Waals surface area contributed by atoms with E-state index in [2.05, 4.69) is 5.16 Å². The van der Waals surface area contributed by atoms with E-state index in [0.29, 0.717) is 34.3 Å². The van der Waals surface area contributed by atoms with Crippen molar-refractivity contribution in [3.05, 3.63) is 69.3 Å². The van der Waals surface area contributed by atoms with Crippen LogP contribution in [0, 0.1) is 6.92 Å². The standard InChI is InChI=1S/C22H20N2O6S/c1-4-29-14-8-7-13(11-15(14)28-3)19-18(20(25)16-6-5-9-31-16)21(26)22(27)24(19)17-10-12(2)30-23-17/h5-11,19,26H,4H2,1-3H3/t19-/m1/s1. The number of anilines is 1. The Labute approximate surface area is 182 Å². The molecule has 0 saturated heterocycles. The molecule has 0 unspecified atom stereocenters. The molecule has 1 N–H and O–H groups in total. The normalized spacial score (nSPS) is 16.2. The number of carbonyl (C=O) groups is 2. The number of thiophene rings is 1. The van der Waals surface area contributed by atoms with Crippen molar-refractivity contribution in [2.75, 3.05) is 18.6 Å². The third-order valence-electron chi connectivity index (χ3n) is 4.86. The first-order valence-electron chi connectivity index (χ1n) is 9.55. The van der Waals surface area contributed by atoms with Crippen LogP contribution in [0.25, 0.3) is 0 Å². The van der Waals surface area contributed by atoms with Gasteiger partial charge in [0, 0.05) is 6.07 Å². The number of hydrogen-bond donors (Lipinski definition) is 1. The van der Waals surface area contributed by atoms with Crippen LogP contribution in [0.4, 0.5) is 5.82 Å². The van der Waals surface area contributed by atoms with Gasteiger partial charge in [-0.2, -0.15) is 0 Å². The minimum absolute atomic E-state index is 0.0284. The highest BCUT2D eigenvalue weighted by molar-refractivity contribution is 7.12. The zero-order valence-corrected chi connectivity index (χ0v) is 17.9. The van der Waals surface area contributed by atoms with Gasteiger partial charge in [-0.1, -0.05) is 17.3 Å². The fraction of sp³-hybridized carbons (Fsp3) is 0.227. The Hall–Kier alpha value is -3.59. The summed E-state index contributed by atoms with van der Waals surface area (Å²) in [5.74, 6) is -0.118. The van der Waals surface area contributed by atoms with Crippen molar-refractivity contribution < 1.29 is 28.7 Å². The van der Waals surface area contributed by atoms with Crippen molar-refractivity contribution in [2.45, 2.75) is 19.9 Å². The predicted molar refractivity (Wildman–Crippen MR) is 114 cm³/mol. The lowest BCUT2D eigenvalue weighted by Crippen LogP contribution is -2.31. The fourth-order valence-electron chi connectivity index (χ4n) is 3.53. The smallest absolute Gasteiger partial charge is 0.295 e. The van der Waals surface area contributed by atoms with E-state index < -0.39 is 23.5 Å². The van der Waals surface area contributed by atoms with Gasteiger partial charge >= 0.3 is 0 Å². The van der Waals surface area contributed by atoms with E-state index in [1.807, 2.05) is 6.92 Å². The second-order valence-corrected chi connectivity index (χ2v) is 7.73. The summed E-state index contributed by atoms with van der Waals surface area (Å²) in [6.07, 6.45) is 0. The molecular formula is C22H20N2O6S. The van der Waals surface area contributed by atoms with Crippen LogP contribution in [0.2, 0.25) is 0 Å². The number of ketones is 1. The molecule has 3 aromatic rings. The number of hydrogen-bond acceptors (Lipinski definition) is 8. The number of benzene rings is 1. The molecule has 2 aromatic heterocycles. The van der Waals surface area contributed by atoms with Crippen LogP contribution >= 0.6 is 11.3 Å². The van der Waals surface area contributed by atoms with Gasteiger partial charge in [-0.25, -0.2) is 0 Å². The minimum Gasteiger partial charge on any atom is -0.503 e. The lowest BCUT2D eigenvalue weighted by atomic mass is 9.95. The van der Waals surface area contributed by atoms with Crippen LogP contribution in [0.3, 0.4) is 0 Å². The van der Waals surface area contributed by atoms with E-state index in [4.69, 9.17) is 14.0 Å². The van der Waals surface area contributed by atoms with Crippen molar-refractivity contribution in [2.24, 2.45) is 0 Å². The van der Waals surface area contributed by atoms with Gasteiger partial charge in [0.1, 0.15) is 5.76 Å². The summed E-state index contributed by atoms with van der Waals surface area (Å²) in [4.78, 5) is 28.0. The molecule has 1 aromatic carbocycles. The molecule has 1 aliphatic heterocycles. The maximum atomic E-state index is 13.3. The van der Waals surface area contributed by atoms with Gasteiger partial charge in [-0.15, -0.1) is 11.3 Å². The highest BCUT2D eigenvalue weighted by Gasteiger charge is 2.46. The van der Waals surface area contributed by atoms with Crippen LogP contribution in [0.15, 0.2) is 57.6 Å². The highest BCUT2D eigenvalue weighted by Crippen LogP contribution is 2.44. The molecule has 0 bridgehead atoms. The summed E-state index contributed by atoms with van der Waals surface area (Å²) < 4.78 is 16.2. The summed E-state index contributed by atoms with van der Waals surface area (Å²) >= 11 is 1.23. The molecule has 1 amide bonds. The summed E-state index contributed by atoms with van der Waals surface area (Å²) in [6.45, 7) is 4.00. The SMILES string of the molecule is CCOc1ccc([C@@H]2C(C(=O)c3cccs3)=C(O)C(=O)N2c2cc(C)on2)cc1OC. The number of ether oxygens (including phenoxy) is 2. The van der Waals surface area contributed by atoms with Crippen molar-refractivity contribution in [1.29, 1.82) is 0 Å². The Morgan fingerprint density at radius 1 is 1.29 bits per heavy atom. The van der Waals surface area contributed by atoms with Crippen molar-refractivity contribution >= 4 is 28.8 Å². The maximum absolute atomic E-state index is 13.3. The number of aryl methyl sites for hydroxylation is 1. The molecule has 0 fully saturated rings. The molecule has 1 aliphatic rings. The second kappa shape index (κ2) is 8.27. The number of aliphatic hydroxyl groups is 1. The molecule has 0 radical (unpaired) electrons. The third-order valence-corrected chi connectivity index (χ3v) is 5.73. The lowest BCUT2D eigenvalue weighted by molar-refractivity contribution is -0.117. The van der Waals surface area contributed by atoms with E-state index >= 15 is 0 Å². The van der Waals surface area contributed by atoms with Gasteiger partial charge in [-0.05, 0) is 43.0 Å². The molecule has 0 saturated carbocycles. The van der Waals surface area contributed by atoms with E-state index in [9.17, 15) is 14.7 Å². The Morgan fingerprint density at radius 2 is 2.10 bits per heavy atom. The zero-order valence-electron chi connectivity index (χ0n) is 17.1. The number of rotatable bonds is 7. The topological polar surface area (TPSA) is 102 Å². The maximum Gasteiger partial charge on any atom is 0.295 e. The van der Waals surface area contributed by atoms with Gasteiger partial charge in [0.25, 0.3) is 5.91 Å². The molecule has 31 heavy (non-hydrogen) atoms. The number of nitrogens with zero attached hydrogens (tertiary/aromatic N) is 2. The van der Waals surface area contributed by atoms with Crippen LogP contribution < -0.4 is 14.4 Å². The van der Waals surface area contributed by atoms with Crippen LogP contribution in [-0.4, -0.2) is 35.7 Å². The molecule has 9 heteroatoms. The fourth-order valence-corrected chi connectivity index (χ4v) is 4.20. The summed E-state index contributed by atoms with van der Waals surface area (Å²) in [6, 6.07) is 9.15. The molecule has 1 atom stereocenters. The Bertz CT molecular complexity index is 1160. The first-order chi connectivity index (χ1) is 15.0. The van der Waals surface area contributed by atoms with Crippen molar-refractivity contribution in [1.82, 2.24) is 5.16 Å². The summed E-state index contributed by atoms with van der Waals surface area (Å²) in [5, 5.41) is 16.4. The van der Waals surface area contributed by atoms with E-state index in [-0.39, 0.29) is 11.4 Å². The molecule has 3 heterocycles. The van der Waals surface area contributed by atoms with Crippen LogP contribution in [0.1, 0.15) is 34.0 Å². The minimum atomic E-state index is -0.920. The number of methoxy groups -OCH3 is 1. The summed E-state index contributed by atoms with van der Waals surface area (Å²) in [5.41, 5.74) is 0.526. The van der Waals surface area contributed by atoms with Crippen molar-refractivity contribution in [3.63, 3.8) is 0 Å². The average molecular weight is 440 g/mol. The van der Waals surface area contributed by atoms with E-state index in [1.54, 1.807) is 48.7 Å². The molecule has 160 valence electrons. The first kappa shape index (κ1) is 20.7. The van der Waals surface area contributed by atoms with Gasteiger partial charge < -0.3 is 19.1 Å². The Balaban J connectivity index is 1.88. The second-order valence-electron chi connectivity index (χ2n) is 6.79. The molecule has 0 spiro atoms. The lowest BCUT2D eigenvalue weighted by Gasteiger charge is -2.25. The van der Waals surface area contributed by atoms with Gasteiger partial charge in [-0.3, -0.25) is 14.5 Å². The number of amides is 1. The van der Waals surface area contributed by atoms with Gasteiger partial charge in [0.2, 0.25) is 5.78 Å². The molecular weight excluding hydrogens is 420 g/mol. The number of aliphatic hydroxyl groups excluding tert-OH is 1. The number of carbonyl (C=O) groups excluding carboxylic acids is 2. The van der Waals surface area contributed by atoms with Crippen molar-refractivity contribution in [3.8, 4) is 11.5 Å². The Kier molecular flexibility index (Phi) is 5.51. The zero-order chi connectivity index (χ0) is 22.1. The monoisotopic (exact) mass is 440 g/mol. The molecule has 4 rings (SSSR count). The molecule has 0 aliphatic carbocycles.